The van der Waals surface area contributed by atoms with E-state index in [1.807, 2.05) is 0 Å². The summed E-state index contributed by atoms with van der Waals surface area (Å²) in [6.45, 7) is 0. The van der Waals surface area contributed by atoms with Crippen LogP contribution < -0.4 is 5.73 Å². The molecule has 0 unspecified atom stereocenters. The number of hydrogen-bond acceptors (Lipinski definition) is 2. The molecule has 0 saturated heterocycles. The molecule has 6 heteroatoms. The van der Waals surface area contributed by atoms with Crippen LogP contribution in [0.5, 0.6) is 0 Å². The number of anilines is 1. The molecule has 1 aromatic carbocycles. The van der Waals surface area contributed by atoms with Gasteiger partial charge in [-0.3, -0.25) is 0 Å². The molecular weight excluding hydrogens is 248 g/mol. The van der Waals surface area contributed by atoms with E-state index < -0.39 is 17.6 Å². The highest BCUT2D eigenvalue weighted by Gasteiger charge is 2.34. The number of aromatic nitrogens is 1. The zero-order valence-electron chi connectivity index (χ0n) is 9.00. The number of pyridine rings is 1. The van der Waals surface area contributed by atoms with Crippen LogP contribution in [-0.2, 0) is 6.18 Å². The summed E-state index contributed by atoms with van der Waals surface area (Å²) >= 11 is 0. The Kier molecular flexibility index (Phi) is 2.94. The lowest BCUT2D eigenvalue weighted by molar-refractivity contribution is -0.139. The molecule has 0 aliphatic carbocycles. The minimum Gasteiger partial charge on any atom is -0.383 e. The van der Waals surface area contributed by atoms with Crippen molar-refractivity contribution in [2.75, 3.05) is 5.73 Å². The number of alkyl halides is 3. The van der Waals surface area contributed by atoms with Crippen molar-refractivity contribution < 1.29 is 17.6 Å². The molecule has 2 N–H and O–H groups in total. The highest BCUT2D eigenvalue weighted by molar-refractivity contribution is 5.73. The second-order valence-corrected chi connectivity index (χ2v) is 3.63. The molecule has 1 aromatic heterocycles. The number of rotatable bonds is 1. The van der Waals surface area contributed by atoms with Crippen LogP contribution in [0, 0.1) is 5.82 Å². The molecule has 0 saturated carbocycles. The van der Waals surface area contributed by atoms with Gasteiger partial charge in [-0.25, -0.2) is 9.37 Å². The van der Waals surface area contributed by atoms with Crippen LogP contribution in [0.25, 0.3) is 11.1 Å². The molecule has 0 fully saturated rings. The topological polar surface area (TPSA) is 38.9 Å². The van der Waals surface area contributed by atoms with Crippen LogP contribution in [0.4, 0.5) is 23.4 Å². The second kappa shape index (κ2) is 4.29. The van der Waals surface area contributed by atoms with Crippen LogP contribution in [-0.4, -0.2) is 4.98 Å². The largest absolute Gasteiger partial charge is 0.419 e. The number of halogens is 4. The summed E-state index contributed by atoms with van der Waals surface area (Å²) in [5.74, 6) is -1.22. The lowest BCUT2D eigenvalue weighted by Crippen LogP contribution is -2.08. The third kappa shape index (κ3) is 2.27. The van der Waals surface area contributed by atoms with E-state index in [-0.39, 0.29) is 11.4 Å². The SMILES string of the molecule is Nc1ncccc1-c1ccc(F)c(C(F)(F)F)c1. The van der Waals surface area contributed by atoms with Crippen molar-refractivity contribution in [2.45, 2.75) is 6.18 Å². The Bertz CT molecular complexity index is 579. The van der Waals surface area contributed by atoms with E-state index in [0.717, 1.165) is 12.1 Å². The molecule has 0 radical (unpaired) electrons. The van der Waals surface area contributed by atoms with Crippen molar-refractivity contribution in [3.05, 3.63) is 47.9 Å². The Morgan fingerprint density at radius 2 is 1.83 bits per heavy atom. The maximum absolute atomic E-state index is 13.1. The molecule has 0 spiro atoms. The molecule has 2 nitrogen and oxygen atoms in total. The van der Waals surface area contributed by atoms with Crippen molar-refractivity contribution in [3.63, 3.8) is 0 Å². The molecule has 0 atom stereocenters. The molecule has 1 heterocycles. The number of nitrogens with zero attached hydrogens (tertiary/aromatic N) is 1. The number of nitrogens with two attached hydrogens (primary N) is 1. The molecule has 0 bridgehead atoms. The molecular formula is C12H8F4N2. The number of benzene rings is 1. The van der Waals surface area contributed by atoms with Gasteiger partial charge in [-0.1, -0.05) is 6.07 Å². The fourth-order valence-corrected chi connectivity index (χ4v) is 1.57. The number of nitrogen functional groups attached to an aromatic ring is 1. The smallest absolute Gasteiger partial charge is 0.383 e. The third-order valence-corrected chi connectivity index (χ3v) is 2.42. The lowest BCUT2D eigenvalue weighted by Gasteiger charge is -2.11. The maximum atomic E-state index is 13.1. The van der Waals surface area contributed by atoms with Gasteiger partial charge in [0.05, 0.1) is 5.56 Å². The van der Waals surface area contributed by atoms with Gasteiger partial charge in [0, 0.05) is 11.8 Å². The maximum Gasteiger partial charge on any atom is 0.419 e. The first-order chi connectivity index (χ1) is 8.39. The molecule has 94 valence electrons. The van der Waals surface area contributed by atoms with Gasteiger partial charge >= 0.3 is 6.18 Å². The summed E-state index contributed by atoms with van der Waals surface area (Å²) in [6, 6.07) is 5.79. The molecule has 2 rings (SSSR count). The monoisotopic (exact) mass is 256 g/mol. The first-order valence-electron chi connectivity index (χ1n) is 4.97. The van der Waals surface area contributed by atoms with Gasteiger partial charge in [0.15, 0.2) is 0 Å². The Morgan fingerprint density at radius 1 is 1.11 bits per heavy atom. The summed E-state index contributed by atoms with van der Waals surface area (Å²) in [5, 5.41) is 0. The van der Waals surface area contributed by atoms with Crippen LogP contribution in [0.1, 0.15) is 5.56 Å². The fourth-order valence-electron chi connectivity index (χ4n) is 1.57. The third-order valence-electron chi connectivity index (χ3n) is 2.42. The van der Waals surface area contributed by atoms with Gasteiger partial charge in [-0.15, -0.1) is 0 Å². The number of hydrogen-bond donors (Lipinski definition) is 1. The second-order valence-electron chi connectivity index (χ2n) is 3.63. The van der Waals surface area contributed by atoms with Crippen molar-refractivity contribution in [3.8, 4) is 11.1 Å². The van der Waals surface area contributed by atoms with Crippen molar-refractivity contribution in [1.29, 1.82) is 0 Å². The average Bonchev–Trinajstić information content (AvgIpc) is 2.29. The predicted molar refractivity (Wildman–Crippen MR) is 59.0 cm³/mol. The highest BCUT2D eigenvalue weighted by atomic mass is 19.4. The zero-order valence-corrected chi connectivity index (χ0v) is 9.00. The van der Waals surface area contributed by atoms with Crippen LogP contribution in [0.3, 0.4) is 0 Å². The Balaban J connectivity index is 2.58. The zero-order chi connectivity index (χ0) is 13.3. The Hall–Kier alpha value is -2.11. The highest BCUT2D eigenvalue weighted by Crippen LogP contribution is 2.35. The Labute approximate surface area is 100 Å². The minimum atomic E-state index is -4.74. The molecule has 18 heavy (non-hydrogen) atoms. The molecule has 0 amide bonds. The van der Waals surface area contributed by atoms with Gasteiger partial charge in [-0.2, -0.15) is 13.2 Å². The fraction of sp³-hybridized carbons (Fsp3) is 0.0833. The first-order valence-corrected chi connectivity index (χ1v) is 4.97. The molecule has 2 aromatic rings. The first kappa shape index (κ1) is 12.3. The van der Waals surface area contributed by atoms with E-state index in [0.29, 0.717) is 5.56 Å². The van der Waals surface area contributed by atoms with Gasteiger partial charge in [0.25, 0.3) is 0 Å². The van der Waals surface area contributed by atoms with E-state index in [4.69, 9.17) is 5.73 Å². The van der Waals surface area contributed by atoms with E-state index in [9.17, 15) is 17.6 Å². The quantitative estimate of drug-likeness (QED) is 0.793. The van der Waals surface area contributed by atoms with E-state index >= 15 is 0 Å². The molecule has 0 aliphatic heterocycles. The average molecular weight is 256 g/mol. The minimum absolute atomic E-state index is 0.0947. The van der Waals surface area contributed by atoms with Crippen molar-refractivity contribution in [2.24, 2.45) is 0 Å². The van der Waals surface area contributed by atoms with Gasteiger partial charge in [-0.05, 0) is 29.8 Å². The predicted octanol–water partition coefficient (Wildman–Crippen LogP) is 3.49. The van der Waals surface area contributed by atoms with E-state index in [1.165, 1.54) is 18.3 Å². The van der Waals surface area contributed by atoms with Gasteiger partial charge in [0.2, 0.25) is 0 Å². The van der Waals surface area contributed by atoms with Crippen molar-refractivity contribution in [1.82, 2.24) is 4.98 Å². The standard InChI is InChI=1S/C12H8F4N2/c13-10-4-3-7(6-9(10)12(14,15)16)8-2-1-5-18-11(8)17/h1-6H,(H2,17,18). The van der Waals surface area contributed by atoms with Gasteiger partial charge < -0.3 is 5.73 Å². The van der Waals surface area contributed by atoms with Crippen LogP contribution >= 0.6 is 0 Å². The van der Waals surface area contributed by atoms with E-state index in [1.54, 1.807) is 6.07 Å². The summed E-state index contributed by atoms with van der Waals surface area (Å²) in [7, 11) is 0. The summed E-state index contributed by atoms with van der Waals surface area (Å²) in [5.41, 5.74) is 4.76. The van der Waals surface area contributed by atoms with Crippen molar-refractivity contribution >= 4 is 5.82 Å². The van der Waals surface area contributed by atoms with E-state index in [2.05, 4.69) is 4.98 Å². The lowest BCUT2D eigenvalue weighted by atomic mass is 10.0. The molecule has 0 aliphatic rings. The Morgan fingerprint density at radius 3 is 2.44 bits per heavy atom. The summed E-state index contributed by atoms with van der Waals surface area (Å²) in [4.78, 5) is 3.77. The van der Waals surface area contributed by atoms with Crippen LogP contribution in [0.2, 0.25) is 0 Å². The van der Waals surface area contributed by atoms with Crippen LogP contribution in [0.15, 0.2) is 36.5 Å². The normalized spacial score (nSPS) is 11.6. The van der Waals surface area contributed by atoms with Gasteiger partial charge in [0.1, 0.15) is 11.6 Å². The summed E-state index contributed by atoms with van der Waals surface area (Å²) in [6.07, 6.45) is -3.32. The summed E-state index contributed by atoms with van der Waals surface area (Å²) < 4.78 is 50.8.